The molecule has 1 saturated heterocycles. The minimum absolute atomic E-state index is 0.0394. The molecule has 0 amide bonds. The summed E-state index contributed by atoms with van der Waals surface area (Å²) in [5, 5.41) is 0. The molecule has 19 heavy (non-hydrogen) atoms. The van der Waals surface area contributed by atoms with Crippen LogP contribution in [0.2, 0.25) is 0 Å². The highest BCUT2D eigenvalue weighted by atomic mass is 79.9. The van der Waals surface area contributed by atoms with Gasteiger partial charge in [-0.05, 0) is 49.4 Å². The molecule has 2 rings (SSSR count). The van der Waals surface area contributed by atoms with Gasteiger partial charge in [0.25, 0.3) is 0 Å². The largest absolute Gasteiger partial charge is 0.381 e. The smallest absolute Gasteiger partial charge is 0.0511 e. The summed E-state index contributed by atoms with van der Waals surface area (Å²) in [4.78, 5) is 2.31. The second-order valence-electron chi connectivity index (χ2n) is 5.46. The first-order valence-corrected chi connectivity index (χ1v) is 7.71. The third-order valence-electron chi connectivity index (χ3n) is 3.68. The third kappa shape index (κ3) is 3.94. The Hall–Kier alpha value is -0.580. The molecule has 1 aliphatic rings. The number of anilines is 1. The van der Waals surface area contributed by atoms with Crippen molar-refractivity contribution in [2.24, 2.45) is 11.7 Å². The van der Waals surface area contributed by atoms with E-state index in [9.17, 15) is 0 Å². The van der Waals surface area contributed by atoms with Gasteiger partial charge in [0.2, 0.25) is 0 Å². The molecule has 0 aromatic heterocycles. The number of rotatable bonds is 4. The van der Waals surface area contributed by atoms with E-state index >= 15 is 0 Å². The van der Waals surface area contributed by atoms with Crippen LogP contribution in [0.15, 0.2) is 22.7 Å². The summed E-state index contributed by atoms with van der Waals surface area (Å²) in [5.41, 5.74) is 8.50. The van der Waals surface area contributed by atoms with E-state index in [0.29, 0.717) is 5.92 Å². The van der Waals surface area contributed by atoms with E-state index in [4.69, 9.17) is 10.5 Å². The molecule has 2 unspecified atom stereocenters. The third-order valence-corrected chi connectivity index (χ3v) is 4.17. The van der Waals surface area contributed by atoms with Gasteiger partial charge in [0, 0.05) is 36.4 Å². The summed E-state index contributed by atoms with van der Waals surface area (Å²) >= 11 is 3.52. The fourth-order valence-corrected chi connectivity index (χ4v) is 3.05. The maximum Gasteiger partial charge on any atom is 0.0511 e. The highest BCUT2D eigenvalue weighted by molar-refractivity contribution is 9.10. The monoisotopic (exact) mass is 326 g/mol. The van der Waals surface area contributed by atoms with E-state index in [0.717, 1.165) is 24.2 Å². The van der Waals surface area contributed by atoms with Crippen LogP contribution in [0.4, 0.5) is 5.69 Å². The molecule has 0 aliphatic carbocycles. The van der Waals surface area contributed by atoms with E-state index in [-0.39, 0.29) is 6.04 Å². The van der Waals surface area contributed by atoms with E-state index in [1.54, 1.807) is 0 Å². The van der Waals surface area contributed by atoms with Crippen LogP contribution in [-0.4, -0.2) is 26.8 Å². The zero-order chi connectivity index (χ0) is 13.8. The average molecular weight is 327 g/mol. The van der Waals surface area contributed by atoms with Crippen molar-refractivity contribution in [2.45, 2.75) is 25.8 Å². The van der Waals surface area contributed by atoms with Gasteiger partial charge in [0.15, 0.2) is 0 Å². The summed E-state index contributed by atoms with van der Waals surface area (Å²) < 4.78 is 6.64. The second kappa shape index (κ2) is 6.73. The maximum atomic E-state index is 6.08. The van der Waals surface area contributed by atoms with Crippen LogP contribution in [-0.2, 0) is 4.74 Å². The van der Waals surface area contributed by atoms with Gasteiger partial charge in [-0.2, -0.15) is 0 Å². The van der Waals surface area contributed by atoms with E-state index < -0.39 is 0 Å². The SMILES string of the molecule is CC(N)c1cc(Br)ccc1N(C)CC1CCCOC1. The fraction of sp³-hybridized carbons (Fsp3) is 0.600. The Bertz CT molecular complexity index is 417. The molecule has 0 radical (unpaired) electrons. The van der Waals surface area contributed by atoms with Crippen LogP contribution in [0.25, 0.3) is 0 Å². The highest BCUT2D eigenvalue weighted by Crippen LogP contribution is 2.29. The number of ether oxygens (including phenoxy) is 1. The van der Waals surface area contributed by atoms with Crippen LogP contribution in [0, 0.1) is 5.92 Å². The lowest BCUT2D eigenvalue weighted by Gasteiger charge is -2.30. The molecule has 4 heteroatoms. The Morgan fingerprint density at radius 2 is 2.32 bits per heavy atom. The molecule has 3 nitrogen and oxygen atoms in total. The number of hydrogen-bond donors (Lipinski definition) is 1. The van der Waals surface area contributed by atoms with Crippen LogP contribution in [0.5, 0.6) is 0 Å². The molecule has 1 fully saturated rings. The molecule has 106 valence electrons. The van der Waals surface area contributed by atoms with E-state index in [2.05, 4.69) is 46.1 Å². The minimum atomic E-state index is 0.0394. The first-order chi connectivity index (χ1) is 9.08. The van der Waals surface area contributed by atoms with E-state index in [1.165, 1.54) is 24.1 Å². The van der Waals surface area contributed by atoms with Crippen LogP contribution >= 0.6 is 15.9 Å². The Morgan fingerprint density at radius 1 is 1.53 bits per heavy atom. The molecule has 1 aromatic carbocycles. The van der Waals surface area contributed by atoms with Gasteiger partial charge in [-0.3, -0.25) is 0 Å². The van der Waals surface area contributed by atoms with Crippen LogP contribution in [0.1, 0.15) is 31.4 Å². The standard InChI is InChI=1S/C15H23BrN2O/c1-11(17)14-8-13(16)5-6-15(14)18(2)9-12-4-3-7-19-10-12/h5-6,8,11-12H,3-4,7,9-10,17H2,1-2H3. The molecule has 0 saturated carbocycles. The normalized spacial score (nSPS) is 21.2. The van der Waals surface area contributed by atoms with Gasteiger partial charge >= 0.3 is 0 Å². The van der Waals surface area contributed by atoms with Crippen molar-refractivity contribution in [3.8, 4) is 0 Å². The topological polar surface area (TPSA) is 38.5 Å². The van der Waals surface area contributed by atoms with Crippen molar-refractivity contribution >= 4 is 21.6 Å². The lowest BCUT2D eigenvalue weighted by atomic mass is 10.0. The summed E-state index contributed by atoms with van der Waals surface area (Å²) in [6.45, 7) is 4.86. The van der Waals surface area contributed by atoms with Crippen molar-refractivity contribution in [1.82, 2.24) is 0 Å². The Labute approximate surface area is 124 Å². The van der Waals surface area contributed by atoms with Gasteiger partial charge in [0.1, 0.15) is 0 Å². The zero-order valence-electron chi connectivity index (χ0n) is 11.7. The van der Waals surface area contributed by atoms with E-state index in [1.807, 2.05) is 6.92 Å². The molecule has 1 aliphatic heterocycles. The first-order valence-electron chi connectivity index (χ1n) is 6.92. The fourth-order valence-electron chi connectivity index (χ4n) is 2.67. The van der Waals surface area contributed by atoms with Crippen molar-refractivity contribution in [3.05, 3.63) is 28.2 Å². The molecule has 2 N–H and O–H groups in total. The Kier molecular flexibility index (Phi) is 5.25. The second-order valence-corrected chi connectivity index (χ2v) is 6.37. The van der Waals surface area contributed by atoms with Crippen LogP contribution in [0.3, 0.4) is 0 Å². The van der Waals surface area contributed by atoms with Gasteiger partial charge in [0.05, 0.1) is 6.61 Å². The van der Waals surface area contributed by atoms with Gasteiger partial charge < -0.3 is 15.4 Å². The molecule has 1 aromatic rings. The number of nitrogens with two attached hydrogens (primary N) is 1. The Morgan fingerprint density at radius 3 is 2.95 bits per heavy atom. The molecular formula is C15H23BrN2O. The van der Waals surface area contributed by atoms with Gasteiger partial charge in [-0.1, -0.05) is 15.9 Å². The maximum absolute atomic E-state index is 6.08. The number of halogens is 1. The van der Waals surface area contributed by atoms with Gasteiger partial charge in [-0.25, -0.2) is 0 Å². The van der Waals surface area contributed by atoms with Crippen molar-refractivity contribution in [3.63, 3.8) is 0 Å². The van der Waals surface area contributed by atoms with Crippen molar-refractivity contribution in [1.29, 1.82) is 0 Å². The lowest BCUT2D eigenvalue weighted by Crippen LogP contribution is -2.31. The summed E-state index contributed by atoms with van der Waals surface area (Å²) in [6, 6.07) is 6.38. The first kappa shape index (κ1) is 14.8. The predicted octanol–water partition coefficient (Wildman–Crippen LogP) is 3.33. The molecule has 0 spiro atoms. The summed E-state index contributed by atoms with van der Waals surface area (Å²) in [5.74, 6) is 0.628. The van der Waals surface area contributed by atoms with Crippen molar-refractivity contribution in [2.75, 3.05) is 31.7 Å². The molecule has 2 atom stereocenters. The molecule has 0 bridgehead atoms. The number of benzene rings is 1. The Balaban J connectivity index is 2.11. The predicted molar refractivity (Wildman–Crippen MR) is 83.6 cm³/mol. The van der Waals surface area contributed by atoms with Crippen molar-refractivity contribution < 1.29 is 4.74 Å². The number of hydrogen-bond acceptors (Lipinski definition) is 3. The molecule has 1 heterocycles. The minimum Gasteiger partial charge on any atom is -0.381 e. The summed E-state index contributed by atoms with van der Waals surface area (Å²) in [6.07, 6.45) is 2.44. The average Bonchev–Trinajstić information content (AvgIpc) is 2.39. The number of nitrogens with zero attached hydrogens (tertiary/aromatic N) is 1. The molecular weight excluding hydrogens is 304 g/mol. The van der Waals surface area contributed by atoms with Gasteiger partial charge in [-0.15, -0.1) is 0 Å². The lowest BCUT2D eigenvalue weighted by molar-refractivity contribution is 0.0576. The van der Waals surface area contributed by atoms with Crippen LogP contribution < -0.4 is 10.6 Å². The quantitative estimate of drug-likeness (QED) is 0.922. The zero-order valence-corrected chi connectivity index (χ0v) is 13.3. The highest BCUT2D eigenvalue weighted by Gasteiger charge is 2.18. The summed E-state index contributed by atoms with van der Waals surface area (Å²) in [7, 11) is 2.14.